The molecule has 0 aliphatic carbocycles. The number of hydrogen-bond donors (Lipinski definition) is 2. The van der Waals surface area contributed by atoms with Crippen molar-refractivity contribution >= 4 is 28.9 Å². The normalized spacial score (nSPS) is 20.4. The Kier molecular flexibility index (Phi) is 2.89. The number of benzene rings is 1. The van der Waals surface area contributed by atoms with Gasteiger partial charge in [0.1, 0.15) is 5.75 Å². The Morgan fingerprint density at radius 3 is 2.95 bits per heavy atom. The molecule has 19 heavy (non-hydrogen) atoms. The lowest BCUT2D eigenvalue weighted by Crippen LogP contribution is -2.32. The molecule has 1 atom stereocenters. The van der Waals surface area contributed by atoms with Crippen molar-refractivity contribution in [1.29, 1.82) is 0 Å². The fraction of sp³-hybridized carbons (Fsp3) is 0.0833. The molecule has 2 heterocycles. The molecule has 1 unspecified atom stereocenters. The molecule has 0 saturated carbocycles. The van der Waals surface area contributed by atoms with Gasteiger partial charge < -0.3 is 19.9 Å². The van der Waals surface area contributed by atoms with Crippen LogP contribution in [-0.2, 0) is 0 Å². The van der Waals surface area contributed by atoms with Gasteiger partial charge in [-0.1, -0.05) is 17.7 Å². The minimum absolute atomic E-state index is 0.320. The minimum Gasteiger partial charge on any atom is -0.437 e. The maximum atomic E-state index is 9.52. The monoisotopic (exact) mass is 298 g/mol. The van der Waals surface area contributed by atoms with Crippen molar-refractivity contribution in [3.8, 4) is 17.4 Å². The number of alkyl halides is 1. The third-order valence-electron chi connectivity index (χ3n) is 2.42. The number of nitrogens with one attached hydrogen (secondary N) is 1. The Bertz CT molecular complexity index is 620. The van der Waals surface area contributed by atoms with Crippen molar-refractivity contribution in [2.45, 2.75) is 5.37 Å². The third-order valence-corrected chi connectivity index (χ3v) is 2.89. The number of ether oxygens (including phenoxy) is 2. The number of anilines is 1. The molecule has 1 aliphatic rings. The second kappa shape index (κ2) is 4.45. The first-order valence-electron chi connectivity index (χ1n) is 5.34. The van der Waals surface area contributed by atoms with E-state index in [4.69, 9.17) is 32.7 Å². The highest BCUT2D eigenvalue weighted by Crippen LogP contribution is 2.44. The summed E-state index contributed by atoms with van der Waals surface area (Å²) >= 11 is 11.7. The van der Waals surface area contributed by atoms with Crippen LogP contribution in [0.15, 0.2) is 36.5 Å². The molecule has 0 spiro atoms. The Hall–Kier alpha value is -1.69. The van der Waals surface area contributed by atoms with E-state index in [1.165, 1.54) is 6.07 Å². The van der Waals surface area contributed by atoms with Gasteiger partial charge in [-0.2, -0.15) is 0 Å². The van der Waals surface area contributed by atoms with Crippen molar-refractivity contribution in [3.63, 3.8) is 0 Å². The molecule has 0 radical (unpaired) electrons. The van der Waals surface area contributed by atoms with Gasteiger partial charge in [0, 0.05) is 24.4 Å². The van der Waals surface area contributed by atoms with Crippen molar-refractivity contribution in [2.24, 2.45) is 0 Å². The summed E-state index contributed by atoms with van der Waals surface area (Å²) in [5, 5.41) is 10.4. The molecule has 3 rings (SSSR count). The Morgan fingerprint density at radius 2 is 2.21 bits per heavy atom. The number of rotatable bonds is 2. The van der Waals surface area contributed by atoms with Gasteiger partial charge in [0.2, 0.25) is 5.88 Å². The van der Waals surface area contributed by atoms with E-state index in [1.807, 2.05) is 0 Å². The first-order valence-corrected chi connectivity index (χ1v) is 6.10. The van der Waals surface area contributed by atoms with Crippen LogP contribution in [0.3, 0.4) is 0 Å². The summed E-state index contributed by atoms with van der Waals surface area (Å²) in [4.78, 5) is 4.03. The molecule has 0 bridgehead atoms. The minimum atomic E-state index is -1.96. The largest absolute Gasteiger partial charge is 0.437 e. The molecule has 1 aliphatic heterocycles. The van der Waals surface area contributed by atoms with Gasteiger partial charge in [0.05, 0.1) is 10.7 Å². The number of pyridine rings is 1. The zero-order valence-corrected chi connectivity index (χ0v) is 10.9. The fourth-order valence-electron chi connectivity index (χ4n) is 1.65. The highest BCUT2D eigenvalue weighted by Gasteiger charge is 2.35. The zero-order chi connectivity index (χ0) is 13.5. The fourth-order valence-corrected chi connectivity index (χ4v) is 2.03. The van der Waals surface area contributed by atoms with E-state index in [0.29, 0.717) is 28.1 Å². The summed E-state index contributed by atoms with van der Waals surface area (Å²) in [6, 6.07) is 8.35. The molecule has 0 saturated heterocycles. The van der Waals surface area contributed by atoms with Crippen LogP contribution >= 0.6 is 23.2 Å². The second-order valence-corrected chi connectivity index (χ2v) is 4.76. The van der Waals surface area contributed by atoms with Crippen LogP contribution in [0.25, 0.3) is 0 Å². The molecular weight excluding hydrogens is 291 g/mol. The zero-order valence-electron chi connectivity index (χ0n) is 9.43. The standard InChI is InChI=1S/C12H8Cl2N2O3/c13-7-5-10-8(16-12(14,17)19-10)6-9(7)18-11-3-1-2-4-15-11/h1-6,16-17H. The lowest BCUT2D eigenvalue weighted by atomic mass is 10.3. The van der Waals surface area contributed by atoms with Crippen LogP contribution in [0.5, 0.6) is 17.4 Å². The van der Waals surface area contributed by atoms with Crippen LogP contribution < -0.4 is 14.8 Å². The van der Waals surface area contributed by atoms with E-state index in [2.05, 4.69) is 10.3 Å². The quantitative estimate of drug-likeness (QED) is 0.658. The maximum absolute atomic E-state index is 9.52. The molecule has 0 fully saturated rings. The summed E-state index contributed by atoms with van der Waals surface area (Å²) < 4.78 is 10.6. The van der Waals surface area contributed by atoms with Crippen molar-refractivity contribution in [2.75, 3.05) is 5.32 Å². The molecule has 1 aromatic heterocycles. The average Bonchev–Trinajstić information content (AvgIpc) is 2.64. The van der Waals surface area contributed by atoms with E-state index >= 15 is 0 Å². The van der Waals surface area contributed by atoms with Crippen molar-refractivity contribution in [1.82, 2.24) is 4.98 Å². The second-order valence-electron chi connectivity index (χ2n) is 3.84. The first kappa shape index (κ1) is 12.3. The summed E-state index contributed by atoms with van der Waals surface area (Å²) in [5.74, 6) is 1.13. The number of aliphatic hydroxyl groups is 1. The summed E-state index contributed by atoms with van der Waals surface area (Å²) in [7, 11) is 0. The molecule has 7 heteroatoms. The highest BCUT2D eigenvalue weighted by molar-refractivity contribution is 6.32. The van der Waals surface area contributed by atoms with Gasteiger partial charge >= 0.3 is 5.37 Å². The van der Waals surface area contributed by atoms with Crippen LogP contribution in [-0.4, -0.2) is 15.5 Å². The summed E-state index contributed by atoms with van der Waals surface area (Å²) in [6.07, 6.45) is 1.61. The maximum Gasteiger partial charge on any atom is 0.376 e. The van der Waals surface area contributed by atoms with E-state index in [-0.39, 0.29) is 0 Å². The first-order chi connectivity index (χ1) is 9.03. The number of hydrogen-bond acceptors (Lipinski definition) is 5. The molecule has 2 N–H and O–H groups in total. The van der Waals surface area contributed by atoms with E-state index in [1.54, 1.807) is 30.5 Å². The summed E-state index contributed by atoms with van der Waals surface area (Å²) in [6.45, 7) is 0. The summed E-state index contributed by atoms with van der Waals surface area (Å²) in [5.41, 5.74) is 0.479. The Balaban J connectivity index is 1.93. The molecular formula is C12H8Cl2N2O3. The Morgan fingerprint density at radius 1 is 1.37 bits per heavy atom. The average molecular weight is 299 g/mol. The molecule has 0 amide bonds. The van der Waals surface area contributed by atoms with Crippen LogP contribution in [0.1, 0.15) is 0 Å². The van der Waals surface area contributed by atoms with Gasteiger partial charge in [-0.3, -0.25) is 0 Å². The topological polar surface area (TPSA) is 63.6 Å². The van der Waals surface area contributed by atoms with Crippen molar-refractivity contribution < 1.29 is 14.6 Å². The Labute approximate surface area is 118 Å². The predicted octanol–water partition coefficient (Wildman–Crippen LogP) is 3.17. The van der Waals surface area contributed by atoms with Crippen molar-refractivity contribution in [3.05, 3.63) is 41.6 Å². The third kappa shape index (κ3) is 2.53. The smallest absolute Gasteiger partial charge is 0.376 e. The number of aromatic nitrogens is 1. The van der Waals surface area contributed by atoms with Crippen LogP contribution in [0, 0.1) is 0 Å². The number of nitrogens with zero attached hydrogens (tertiary/aromatic N) is 1. The van der Waals surface area contributed by atoms with Gasteiger partial charge in [0.15, 0.2) is 5.75 Å². The SMILES string of the molecule is OC1(Cl)Nc2cc(Oc3ccccn3)c(Cl)cc2O1. The molecule has 1 aromatic carbocycles. The van der Waals surface area contributed by atoms with Crippen LogP contribution in [0.4, 0.5) is 5.69 Å². The number of fused-ring (bicyclic) bond motifs is 1. The number of halogens is 2. The van der Waals surface area contributed by atoms with E-state index < -0.39 is 5.37 Å². The lowest BCUT2D eigenvalue weighted by molar-refractivity contribution is -0.0226. The lowest BCUT2D eigenvalue weighted by Gasteiger charge is -2.11. The van der Waals surface area contributed by atoms with Crippen LogP contribution in [0.2, 0.25) is 5.02 Å². The molecule has 98 valence electrons. The van der Waals surface area contributed by atoms with E-state index in [0.717, 1.165) is 0 Å². The van der Waals surface area contributed by atoms with Gasteiger partial charge in [-0.05, 0) is 17.7 Å². The molecule has 5 nitrogen and oxygen atoms in total. The van der Waals surface area contributed by atoms with Gasteiger partial charge in [-0.15, -0.1) is 0 Å². The van der Waals surface area contributed by atoms with E-state index in [9.17, 15) is 5.11 Å². The van der Waals surface area contributed by atoms with Gasteiger partial charge in [-0.25, -0.2) is 4.98 Å². The molecule has 2 aromatic rings. The van der Waals surface area contributed by atoms with Gasteiger partial charge in [0.25, 0.3) is 0 Å². The highest BCUT2D eigenvalue weighted by atomic mass is 35.5. The predicted molar refractivity (Wildman–Crippen MR) is 70.8 cm³/mol.